The lowest BCUT2D eigenvalue weighted by Gasteiger charge is -2.28. The van der Waals surface area contributed by atoms with Crippen LogP contribution in [0.3, 0.4) is 0 Å². The maximum atomic E-state index is 2.50. The highest BCUT2D eigenvalue weighted by molar-refractivity contribution is 5.99. The summed E-state index contributed by atoms with van der Waals surface area (Å²) >= 11 is 0. The molecule has 2 heteroatoms. The van der Waals surface area contributed by atoms with Crippen molar-refractivity contribution in [1.82, 2.24) is 0 Å². The van der Waals surface area contributed by atoms with Crippen LogP contribution in [0.5, 0.6) is 0 Å². The lowest BCUT2D eigenvalue weighted by Crippen LogP contribution is -2.19. The number of fused-ring (bicyclic) bond motifs is 2. The summed E-state index contributed by atoms with van der Waals surface area (Å²) in [6, 6.07) is 72.7. The van der Waals surface area contributed by atoms with E-state index in [9.17, 15) is 0 Å². The van der Waals surface area contributed by atoms with E-state index in [1.807, 2.05) is 0 Å². The molecule has 0 saturated heterocycles. The van der Waals surface area contributed by atoms with Gasteiger partial charge in [0.1, 0.15) is 0 Å². The van der Waals surface area contributed by atoms with Gasteiger partial charge in [0, 0.05) is 28.1 Å². The van der Waals surface area contributed by atoms with E-state index in [1.165, 1.54) is 55.5 Å². The molecule has 0 amide bonds. The molecule has 1 heterocycles. The molecule has 0 bridgehead atoms. The number of anilines is 5. The maximum absolute atomic E-state index is 2.50. The van der Waals surface area contributed by atoms with Gasteiger partial charge in [-0.05, 0) is 93.7 Å². The van der Waals surface area contributed by atoms with Crippen molar-refractivity contribution in [3.63, 3.8) is 0 Å². The Labute approximate surface area is 294 Å². The zero-order valence-corrected chi connectivity index (χ0v) is 27.7. The first-order valence-electron chi connectivity index (χ1n) is 17.4. The molecular weight excluding hydrogens is 605 g/mol. The monoisotopic (exact) mass is 640 g/mol. The van der Waals surface area contributed by atoms with Crippen LogP contribution in [-0.4, -0.2) is 0 Å². The molecule has 0 N–H and O–H groups in total. The molecule has 1 atom stereocenters. The zero-order chi connectivity index (χ0) is 33.3. The predicted molar refractivity (Wildman–Crippen MR) is 211 cm³/mol. The summed E-state index contributed by atoms with van der Waals surface area (Å²) in [5, 5.41) is 2.45. The van der Waals surface area contributed by atoms with Crippen LogP contribution in [0.1, 0.15) is 17.2 Å². The predicted octanol–water partition coefficient (Wildman–Crippen LogP) is 13.1. The van der Waals surface area contributed by atoms with Crippen molar-refractivity contribution in [1.29, 1.82) is 0 Å². The molecule has 238 valence electrons. The van der Waals surface area contributed by atoms with Gasteiger partial charge < -0.3 is 9.80 Å². The molecule has 0 spiro atoms. The fourth-order valence-corrected chi connectivity index (χ4v) is 7.53. The van der Waals surface area contributed by atoms with Gasteiger partial charge in [-0.3, -0.25) is 0 Å². The van der Waals surface area contributed by atoms with Gasteiger partial charge >= 0.3 is 0 Å². The minimum Gasteiger partial charge on any atom is -0.333 e. The van der Waals surface area contributed by atoms with Crippen molar-refractivity contribution < 1.29 is 0 Å². The van der Waals surface area contributed by atoms with E-state index in [2.05, 4.69) is 210 Å². The lowest BCUT2D eigenvalue weighted by molar-refractivity contribution is 0.743. The molecule has 1 unspecified atom stereocenters. The molecule has 8 aromatic rings. The summed E-state index contributed by atoms with van der Waals surface area (Å²) < 4.78 is 0. The van der Waals surface area contributed by atoms with E-state index in [1.54, 1.807) is 0 Å². The Hall–Kier alpha value is -6.38. The molecule has 9 rings (SSSR count). The normalized spacial score (nSPS) is 13.7. The van der Waals surface area contributed by atoms with Crippen LogP contribution in [0, 0.1) is 0 Å². The van der Waals surface area contributed by atoms with Crippen LogP contribution < -0.4 is 9.80 Å². The highest BCUT2D eigenvalue weighted by atomic mass is 15.2. The third-order valence-electron chi connectivity index (χ3n) is 10.0. The van der Waals surface area contributed by atoms with Gasteiger partial charge in [0.25, 0.3) is 0 Å². The second-order valence-corrected chi connectivity index (χ2v) is 13.0. The molecular formula is C48H36N2. The average molecular weight is 641 g/mol. The number of benzene rings is 8. The Morgan fingerprint density at radius 1 is 0.420 bits per heavy atom. The van der Waals surface area contributed by atoms with E-state index in [0.29, 0.717) is 0 Å². The van der Waals surface area contributed by atoms with E-state index in [-0.39, 0.29) is 6.04 Å². The van der Waals surface area contributed by atoms with Gasteiger partial charge in [0.2, 0.25) is 0 Å². The number of hydrogen-bond donors (Lipinski definition) is 0. The molecule has 0 saturated carbocycles. The van der Waals surface area contributed by atoms with E-state index >= 15 is 0 Å². The van der Waals surface area contributed by atoms with E-state index in [4.69, 9.17) is 0 Å². The first-order valence-corrected chi connectivity index (χ1v) is 17.4. The molecule has 0 fully saturated rings. The first kappa shape index (κ1) is 29.7. The SMILES string of the molecule is c1ccc(-c2ccc(N(c3ccc(-c4ccc(N5c6ccccc6CC5c5ccccc5)cc4)cc3)c3cccc4ccccc34)cc2)cc1. The van der Waals surface area contributed by atoms with Gasteiger partial charge in [-0.1, -0.05) is 152 Å². The van der Waals surface area contributed by atoms with Crippen LogP contribution >= 0.6 is 0 Å². The second kappa shape index (κ2) is 12.9. The maximum Gasteiger partial charge on any atom is 0.0632 e. The van der Waals surface area contributed by atoms with Crippen molar-refractivity contribution in [2.45, 2.75) is 12.5 Å². The van der Waals surface area contributed by atoms with Gasteiger partial charge in [-0.25, -0.2) is 0 Å². The first-order chi connectivity index (χ1) is 24.8. The van der Waals surface area contributed by atoms with Crippen LogP contribution in [0.25, 0.3) is 33.0 Å². The third kappa shape index (κ3) is 5.51. The summed E-state index contributed by atoms with van der Waals surface area (Å²) in [5.74, 6) is 0. The molecule has 50 heavy (non-hydrogen) atoms. The quantitative estimate of drug-likeness (QED) is 0.171. The highest BCUT2D eigenvalue weighted by Crippen LogP contribution is 2.46. The summed E-state index contributed by atoms with van der Waals surface area (Å²) in [4.78, 5) is 4.88. The summed E-state index contributed by atoms with van der Waals surface area (Å²) in [6.07, 6.45) is 1.01. The van der Waals surface area contributed by atoms with Crippen LogP contribution in [0.15, 0.2) is 200 Å². The standard InChI is InChI=1S/C48H36N2/c1-3-12-35(13-4-1)36-22-28-42(29-23-36)49(47-21-11-18-39-14-7-9-19-45(39)47)43-30-24-37(25-31-43)38-26-32-44(33-27-38)50-46-20-10-8-17-41(46)34-48(50)40-15-5-2-6-16-40/h1-33,48H,34H2. The van der Waals surface area contributed by atoms with Gasteiger partial charge in [0.05, 0.1) is 11.7 Å². The minimum absolute atomic E-state index is 0.278. The molecule has 0 radical (unpaired) electrons. The van der Waals surface area contributed by atoms with Gasteiger partial charge in [-0.2, -0.15) is 0 Å². The summed E-state index contributed by atoms with van der Waals surface area (Å²) in [6.45, 7) is 0. The molecule has 1 aliphatic heterocycles. The fourth-order valence-electron chi connectivity index (χ4n) is 7.53. The van der Waals surface area contributed by atoms with Crippen LogP contribution in [0.4, 0.5) is 28.4 Å². The zero-order valence-electron chi connectivity index (χ0n) is 27.7. The lowest BCUT2D eigenvalue weighted by atomic mass is 10.0. The van der Waals surface area contributed by atoms with Crippen molar-refractivity contribution in [2.75, 3.05) is 9.80 Å². The summed E-state index contributed by atoms with van der Waals surface area (Å²) in [5.41, 5.74) is 13.5. The molecule has 0 aliphatic carbocycles. The molecule has 8 aromatic carbocycles. The summed E-state index contributed by atoms with van der Waals surface area (Å²) in [7, 11) is 0. The Morgan fingerprint density at radius 3 is 1.62 bits per heavy atom. The second-order valence-electron chi connectivity index (χ2n) is 13.0. The molecule has 2 nitrogen and oxygen atoms in total. The highest BCUT2D eigenvalue weighted by Gasteiger charge is 2.31. The number of para-hydroxylation sites is 1. The Bertz CT molecular complexity index is 2380. The minimum atomic E-state index is 0.278. The smallest absolute Gasteiger partial charge is 0.0632 e. The molecule has 0 aromatic heterocycles. The van der Waals surface area contributed by atoms with E-state index < -0.39 is 0 Å². The Balaban J connectivity index is 1.05. The number of nitrogens with zero attached hydrogens (tertiary/aromatic N) is 2. The van der Waals surface area contributed by atoms with Crippen molar-refractivity contribution in [3.8, 4) is 22.3 Å². The topological polar surface area (TPSA) is 6.48 Å². The van der Waals surface area contributed by atoms with Gasteiger partial charge in [0.15, 0.2) is 0 Å². The number of rotatable bonds is 7. The van der Waals surface area contributed by atoms with Crippen molar-refractivity contribution >= 4 is 39.2 Å². The van der Waals surface area contributed by atoms with Crippen LogP contribution in [0.2, 0.25) is 0 Å². The van der Waals surface area contributed by atoms with E-state index in [0.717, 1.165) is 23.5 Å². The number of hydrogen-bond acceptors (Lipinski definition) is 2. The van der Waals surface area contributed by atoms with Crippen molar-refractivity contribution in [3.05, 3.63) is 211 Å². The fraction of sp³-hybridized carbons (Fsp3) is 0.0417. The third-order valence-corrected chi connectivity index (χ3v) is 10.0. The average Bonchev–Trinajstić information content (AvgIpc) is 3.59. The Kier molecular flexibility index (Phi) is 7.68. The van der Waals surface area contributed by atoms with Crippen LogP contribution in [-0.2, 0) is 6.42 Å². The van der Waals surface area contributed by atoms with Gasteiger partial charge in [-0.15, -0.1) is 0 Å². The molecule has 1 aliphatic rings. The Morgan fingerprint density at radius 2 is 0.940 bits per heavy atom. The van der Waals surface area contributed by atoms with Crippen molar-refractivity contribution in [2.24, 2.45) is 0 Å². The largest absolute Gasteiger partial charge is 0.333 e.